The van der Waals surface area contributed by atoms with Crippen LogP contribution in [0.5, 0.6) is 0 Å². The van der Waals surface area contributed by atoms with Gasteiger partial charge in [-0.3, -0.25) is 4.72 Å². The van der Waals surface area contributed by atoms with Gasteiger partial charge in [-0.05, 0) is 32.0 Å². The highest BCUT2D eigenvalue weighted by Gasteiger charge is 2.38. The van der Waals surface area contributed by atoms with Crippen LogP contribution < -0.4 is 4.72 Å². The van der Waals surface area contributed by atoms with Crippen LogP contribution in [0.4, 0.5) is 5.13 Å². The van der Waals surface area contributed by atoms with Gasteiger partial charge >= 0.3 is 0 Å². The van der Waals surface area contributed by atoms with Crippen LogP contribution in [0.15, 0.2) is 0 Å². The number of anilines is 1. The van der Waals surface area contributed by atoms with Gasteiger partial charge in [0.2, 0.25) is 10.0 Å². The number of hydrogen-bond donors (Lipinski definition) is 2. The number of aliphatic hydroxyl groups is 1. The molecule has 0 saturated carbocycles. The number of aromatic nitrogens is 1. The van der Waals surface area contributed by atoms with Crippen LogP contribution >= 0.6 is 11.3 Å². The Bertz CT molecular complexity index is 655. The second-order valence-corrected chi connectivity index (χ2v) is 15.3. The first-order chi connectivity index (χ1) is 10.0. The summed E-state index contributed by atoms with van der Waals surface area (Å²) in [4.78, 5) is 4.93. The Kier molecular flexibility index (Phi) is 5.75. The molecule has 2 N–H and O–H groups in total. The fraction of sp³-hybridized carbons (Fsp3) is 0.786. The summed E-state index contributed by atoms with van der Waals surface area (Å²) in [5.74, 6) is 0. The average Bonchev–Trinajstić information content (AvgIpc) is 2.65. The number of sulfonamides is 1. The molecule has 1 aromatic rings. The minimum atomic E-state index is -3.41. The standard InChI is InChI=1S/C14H28N2O4S2Si/c1-13(2,3)23(7,8)20-9-10-11(14(4,5)17)21-12(15-10)16-22(6,18)19/h17H,9H2,1-8H3,(H,15,16). The smallest absolute Gasteiger partial charge is 0.231 e. The van der Waals surface area contributed by atoms with Crippen molar-refractivity contribution in [2.45, 2.75) is 65.0 Å². The Morgan fingerprint density at radius 1 is 1.26 bits per heavy atom. The molecule has 0 spiro atoms. The molecule has 0 radical (unpaired) electrons. The van der Waals surface area contributed by atoms with E-state index < -0.39 is 23.9 Å². The first-order valence-corrected chi connectivity index (χ1v) is 13.0. The molecule has 134 valence electrons. The summed E-state index contributed by atoms with van der Waals surface area (Å²) in [6, 6.07) is 0. The Hall–Kier alpha value is -0.483. The highest BCUT2D eigenvalue weighted by atomic mass is 32.2. The Morgan fingerprint density at radius 2 is 1.78 bits per heavy atom. The highest BCUT2D eigenvalue weighted by Crippen LogP contribution is 2.39. The molecule has 0 unspecified atom stereocenters. The molecular weight excluding hydrogens is 352 g/mol. The van der Waals surface area contributed by atoms with Gasteiger partial charge in [-0.15, -0.1) is 0 Å². The summed E-state index contributed by atoms with van der Waals surface area (Å²) in [5.41, 5.74) is -0.528. The van der Waals surface area contributed by atoms with Gasteiger partial charge in [-0.25, -0.2) is 13.4 Å². The van der Waals surface area contributed by atoms with Crippen LogP contribution in [0, 0.1) is 0 Å². The van der Waals surface area contributed by atoms with Gasteiger partial charge < -0.3 is 9.53 Å². The minimum Gasteiger partial charge on any atom is -0.411 e. The molecule has 1 rings (SSSR count). The maximum Gasteiger partial charge on any atom is 0.231 e. The van der Waals surface area contributed by atoms with Gasteiger partial charge in [-0.1, -0.05) is 32.1 Å². The second kappa shape index (κ2) is 6.44. The lowest BCUT2D eigenvalue weighted by Crippen LogP contribution is -2.40. The molecule has 0 bridgehead atoms. The molecule has 0 amide bonds. The molecule has 6 nitrogen and oxygen atoms in total. The van der Waals surface area contributed by atoms with Crippen molar-refractivity contribution in [1.82, 2.24) is 4.98 Å². The van der Waals surface area contributed by atoms with E-state index in [9.17, 15) is 13.5 Å². The third kappa shape index (κ3) is 5.82. The van der Waals surface area contributed by atoms with Crippen molar-refractivity contribution in [1.29, 1.82) is 0 Å². The fourth-order valence-electron chi connectivity index (χ4n) is 1.60. The van der Waals surface area contributed by atoms with E-state index in [0.717, 1.165) is 17.6 Å². The Labute approximate surface area is 144 Å². The fourth-order valence-corrected chi connectivity index (χ4v) is 4.33. The van der Waals surface area contributed by atoms with Gasteiger partial charge in [0.1, 0.15) is 0 Å². The normalized spacial score (nSPS) is 14.1. The molecular formula is C14H28N2O4S2Si. The van der Waals surface area contributed by atoms with Gasteiger partial charge in [0, 0.05) is 0 Å². The van der Waals surface area contributed by atoms with Crippen molar-refractivity contribution in [3.8, 4) is 0 Å². The molecule has 0 aliphatic rings. The molecule has 9 heteroatoms. The average molecular weight is 381 g/mol. The van der Waals surface area contributed by atoms with Crippen molar-refractivity contribution >= 4 is 34.8 Å². The third-order valence-electron chi connectivity index (χ3n) is 3.90. The zero-order valence-corrected chi connectivity index (χ0v) is 17.8. The molecule has 1 heterocycles. The van der Waals surface area contributed by atoms with E-state index in [4.69, 9.17) is 4.43 Å². The van der Waals surface area contributed by atoms with E-state index in [1.165, 1.54) is 0 Å². The topological polar surface area (TPSA) is 88.5 Å². The zero-order valence-electron chi connectivity index (χ0n) is 15.1. The summed E-state index contributed by atoms with van der Waals surface area (Å²) in [7, 11) is -5.37. The van der Waals surface area contributed by atoms with Gasteiger partial charge in [-0.2, -0.15) is 0 Å². The molecule has 0 aliphatic carbocycles. The predicted molar refractivity (Wildman–Crippen MR) is 97.8 cm³/mol. The minimum absolute atomic E-state index is 0.0613. The van der Waals surface area contributed by atoms with E-state index in [1.807, 2.05) is 0 Å². The Balaban J connectivity index is 3.10. The monoisotopic (exact) mass is 380 g/mol. The second-order valence-electron chi connectivity index (χ2n) is 7.78. The van der Waals surface area contributed by atoms with Crippen molar-refractivity contribution in [2.75, 3.05) is 11.0 Å². The van der Waals surface area contributed by atoms with E-state index in [0.29, 0.717) is 10.6 Å². The van der Waals surface area contributed by atoms with Gasteiger partial charge in [0.05, 0.1) is 29.0 Å². The van der Waals surface area contributed by atoms with Crippen LogP contribution in [0.3, 0.4) is 0 Å². The Morgan fingerprint density at radius 3 is 2.17 bits per heavy atom. The quantitative estimate of drug-likeness (QED) is 0.740. The maximum absolute atomic E-state index is 11.4. The summed E-state index contributed by atoms with van der Waals surface area (Å²) >= 11 is 1.14. The SMILES string of the molecule is CC(C)(O)c1sc(NS(C)(=O)=O)nc1CO[Si](C)(C)C(C)(C)C. The first kappa shape index (κ1) is 20.6. The first-order valence-electron chi connectivity index (χ1n) is 7.37. The molecule has 0 saturated heterocycles. The van der Waals surface area contributed by atoms with Crippen molar-refractivity contribution in [3.63, 3.8) is 0 Å². The lowest BCUT2D eigenvalue weighted by molar-refractivity contribution is 0.0798. The number of hydrogen-bond acceptors (Lipinski definition) is 6. The summed E-state index contributed by atoms with van der Waals surface area (Å²) in [6.45, 7) is 14.3. The van der Waals surface area contributed by atoms with Crippen molar-refractivity contribution < 1.29 is 18.0 Å². The van der Waals surface area contributed by atoms with E-state index in [-0.39, 0.29) is 16.8 Å². The van der Waals surface area contributed by atoms with E-state index >= 15 is 0 Å². The largest absolute Gasteiger partial charge is 0.411 e. The molecule has 0 atom stereocenters. The van der Waals surface area contributed by atoms with Crippen LogP contribution in [0.1, 0.15) is 45.2 Å². The van der Waals surface area contributed by atoms with Crippen LogP contribution in [0.2, 0.25) is 18.1 Å². The van der Waals surface area contributed by atoms with Crippen molar-refractivity contribution in [3.05, 3.63) is 10.6 Å². The lowest BCUT2D eigenvalue weighted by Gasteiger charge is -2.36. The maximum atomic E-state index is 11.4. The van der Waals surface area contributed by atoms with Gasteiger partial charge in [0.15, 0.2) is 13.4 Å². The molecule has 1 aromatic heterocycles. The van der Waals surface area contributed by atoms with E-state index in [2.05, 4.69) is 43.6 Å². The third-order valence-corrected chi connectivity index (χ3v) is 10.4. The highest BCUT2D eigenvalue weighted by molar-refractivity contribution is 7.92. The van der Waals surface area contributed by atoms with Crippen LogP contribution in [-0.2, 0) is 26.7 Å². The molecule has 0 fully saturated rings. The van der Waals surface area contributed by atoms with Crippen LogP contribution in [-0.4, -0.2) is 33.1 Å². The predicted octanol–water partition coefficient (Wildman–Crippen LogP) is 3.26. The molecule has 0 aromatic carbocycles. The lowest BCUT2D eigenvalue weighted by atomic mass is 10.1. The van der Waals surface area contributed by atoms with Crippen molar-refractivity contribution in [2.24, 2.45) is 0 Å². The zero-order chi connectivity index (χ0) is 18.3. The number of nitrogens with zero attached hydrogens (tertiary/aromatic N) is 1. The molecule has 23 heavy (non-hydrogen) atoms. The summed E-state index contributed by atoms with van der Waals surface area (Å²) in [6.07, 6.45) is 1.07. The summed E-state index contributed by atoms with van der Waals surface area (Å²) < 4.78 is 31.3. The number of nitrogens with one attached hydrogen (secondary N) is 1. The van der Waals surface area contributed by atoms with Gasteiger partial charge in [0.25, 0.3) is 0 Å². The summed E-state index contributed by atoms with van der Waals surface area (Å²) in [5, 5.41) is 10.6. The van der Waals surface area contributed by atoms with E-state index in [1.54, 1.807) is 13.8 Å². The molecule has 0 aliphatic heterocycles. The number of thiazole rings is 1. The number of rotatable bonds is 6. The van der Waals surface area contributed by atoms with Crippen LogP contribution in [0.25, 0.3) is 0 Å².